The van der Waals surface area contributed by atoms with Gasteiger partial charge in [0.05, 0.1) is 11.9 Å². The molecular formula is C22H26Cl2FN3O4S. The molecule has 2 rings (SSSR count). The van der Waals surface area contributed by atoms with E-state index in [4.69, 9.17) is 23.2 Å². The molecule has 0 bridgehead atoms. The standard InChI is InChI=1S/C22H26Cl2FN3O4S/c1-4-20(22(30)26-5-2)27(13-15-6-7-16(23)12-19(15)24)21(29)14-28(33(3,31)32)18-10-8-17(25)9-11-18/h6-12,20H,4-5,13-14H2,1-3H3,(H,26,30)/t20-/m1/s1. The number of halogens is 3. The van der Waals surface area contributed by atoms with Crippen molar-refractivity contribution in [1.82, 2.24) is 10.2 Å². The first-order chi connectivity index (χ1) is 15.5. The molecular weight excluding hydrogens is 492 g/mol. The first-order valence-electron chi connectivity index (χ1n) is 10.2. The van der Waals surface area contributed by atoms with Gasteiger partial charge in [-0.2, -0.15) is 0 Å². The molecule has 0 aliphatic rings. The van der Waals surface area contributed by atoms with Crippen molar-refractivity contribution in [2.45, 2.75) is 32.9 Å². The van der Waals surface area contributed by atoms with E-state index in [1.165, 1.54) is 23.1 Å². The van der Waals surface area contributed by atoms with Crippen molar-refractivity contribution in [3.8, 4) is 0 Å². The second-order valence-electron chi connectivity index (χ2n) is 7.32. The van der Waals surface area contributed by atoms with Gasteiger partial charge in [-0.25, -0.2) is 12.8 Å². The molecule has 2 amide bonds. The number of nitrogens with one attached hydrogen (secondary N) is 1. The number of likely N-dealkylation sites (N-methyl/N-ethyl adjacent to an activating group) is 1. The Morgan fingerprint density at radius 1 is 1.09 bits per heavy atom. The van der Waals surface area contributed by atoms with Crippen LogP contribution in [0.2, 0.25) is 10.0 Å². The molecule has 0 saturated heterocycles. The number of anilines is 1. The third-order valence-electron chi connectivity index (χ3n) is 4.89. The first-order valence-corrected chi connectivity index (χ1v) is 12.8. The average Bonchev–Trinajstić information content (AvgIpc) is 2.73. The largest absolute Gasteiger partial charge is 0.355 e. The molecule has 0 heterocycles. The number of hydrogen-bond acceptors (Lipinski definition) is 4. The van der Waals surface area contributed by atoms with Gasteiger partial charge in [-0.3, -0.25) is 13.9 Å². The van der Waals surface area contributed by atoms with Gasteiger partial charge < -0.3 is 10.2 Å². The molecule has 0 aromatic heterocycles. The summed E-state index contributed by atoms with van der Waals surface area (Å²) in [5.74, 6) is -1.53. The Morgan fingerprint density at radius 2 is 1.73 bits per heavy atom. The molecule has 1 N–H and O–H groups in total. The summed E-state index contributed by atoms with van der Waals surface area (Å²) in [5.41, 5.74) is 0.674. The summed E-state index contributed by atoms with van der Waals surface area (Å²) in [5, 5.41) is 3.43. The minimum atomic E-state index is -3.89. The van der Waals surface area contributed by atoms with E-state index in [2.05, 4.69) is 5.32 Å². The van der Waals surface area contributed by atoms with Crippen molar-refractivity contribution in [3.05, 3.63) is 63.9 Å². The Morgan fingerprint density at radius 3 is 2.24 bits per heavy atom. The van der Waals surface area contributed by atoms with Crippen LogP contribution in [-0.4, -0.2) is 50.5 Å². The second-order valence-corrected chi connectivity index (χ2v) is 10.1. The van der Waals surface area contributed by atoms with Crippen LogP contribution in [0, 0.1) is 5.82 Å². The second kappa shape index (κ2) is 11.7. The maximum absolute atomic E-state index is 13.4. The minimum absolute atomic E-state index is 0.0362. The highest BCUT2D eigenvalue weighted by atomic mass is 35.5. The molecule has 11 heteroatoms. The normalized spacial score (nSPS) is 12.2. The van der Waals surface area contributed by atoms with Crippen LogP contribution in [0.15, 0.2) is 42.5 Å². The van der Waals surface area contributed by atoms with Crippen molar-refractivity contribution >= 4 is 50.7 Å². The monoisotopic (exact) mass is 517 g/mol. The highest BCUT2D eigenvalue weighted by Crippen LogP contribution is 2.25. The van der Waals surface area contributed by atoms with Crippen molar-refractivity contribution < 1.29 is 22.4 Å². The van der Waals surface area contributed by atoms with Crippen LogP contribution in [0.25, 0.3) is 0 Å². The number of rotatable bonds is 10. The van der Waals surface area contributed by atoms with Crippen LogP contribution in [-0.2, 0) is 26.2 Å². The molecule has 0 unspecified atom stereocenters. The van der Waals surface area contributed by atoms with Crippen molar-refractivity contribution in [2.24, 2.45) is 0 Å². The van der Waals surface area contributed by atoms with Gasteiger partial charge >= 0.3 is 0 Å². The van der Waals surface area contributed by atoms with Crippen molar-refractivity contribution in [1.29, 1.82) is 0 Å². The average molecular weight is 518 g/mol. The Labute approximate surface area is 203 Å². The summed E-state index contributed by atoms with van der Waals surface area (Å²) in [7, 11) is -3.89. The Hall–Kier alpha value is -2.36. The zero-order valence-corrected chi connectivity index (χ0v) is 20.8. The van der Waals surface area contributed by atoms with Crippen LogP contribution >= 0.6 is 23.2 Å². The summed E-state index contributed by atoms with van der Waals surface area (Å²) in [6, 6.07) is 8.66. The van der Waals surface area contributed by atoms with Gasteiger partial charge in [0.15, 0.2) is 0 Å². The lowest BCUT2D eigenvalue weighted by molar-refractivity contribution is -0.140. The number of hydrogen-bond donors (Lipinski definition) is 1. The SMILES string of the molecule is CCNC(=O)[C@@H](CC)N(Cc1ccc(Cl)cc1Cl)C(=O)CN(c1ccc(F)cc1)S(C)(=O)=O. The quantitative estimate of drug-likeness (QED) is 0.518. The zero-order valence-electron chi connectivity index (χ0n) is 18.5. The molecule has 0 spiro atoms. The molecule has 1 atom stereocenters. The van der Waals surface area contributed by atoms with Crippen molar-refractivity contribution in [3.63, 3.8) is 0 Å². The van der Waals surface area contributed by atoms with Crippen molar-refractivity contribution in [2.75, 3.05) is 23.7 Å². The summed E-state index contributed by atoms with van der Waals surface area (Å²) < 4.78 is 39.1. The van der Waals surface area contributed by atoms with Crippen LogP contribution in [0.3, 0.4) is 0 Å². The van der Waals surface area contributed by atoms with Crippen LogP contribution in [0.5, 0.6) is 0 Å². The van der Waals surface area contributed by atoms with E-state index in [9.17, 15) is 22.4 Å². The molecule has 2 aromatic carbocycles. The van der Waals surface area contributed by atoms with Crippen LogP contribution in [0.1, 0.15) is 25.8 Å². The summed E-state index contributed by atoms with van der Waals surface area (Å²) in [6.07, 6.45) is 1.24. The van der Waals surface area contributed by atoms with Gasteiger partial charge in [-0.15, -0.1) is 0 Å². The molecule has 0 aliphatic carbocycles. The van der Waals surface area contributed by atoms with Gasteiger partial charge in [0.2, 0.25) is 21.8 Å². The molecule has 33 heavy (non-hydrogen) atoms. The fourth-order valence-electron chi connectivity index (χ4n) is 3.27. The summed E-state index contributed by atoms with van der Waals surface area (Å²) in [4.78, 5) is 27.4. The van der Waals surface area contributed by atoms with Gasteiger partial charge in [0, 0.05) is 23.1 Å². The lowest BCUT2D eigenvalue weighted by Crippen LogP contribution is -2.52. The smallest absolute Gasteiger partial charge is 0.244 e. The molecule has 7 nitrogen and oxygen atoms in total. The van der Waals surface area contributed by atoms with Gasteiger partial charge in [0.1, 0.15) is 18.4 Å². The Kier molecular flexibility index (Phi) is 9.51. The number of benzene rings is 2. The van der Waals surface area contributed by atoms with Gasteiger partial charge in [0.25, 0.3) is 0 Å². The van der Waals surface area contributed by atoms with E-state index in [1.54, 1.807) is 26.0 Å². The van der Waals surface area contributed by atoms with E-state index in [1.807, 2.05) is 0 Å². The predicted molar refractivity (Wildman–Crippen MR) is 128 cm³/mol. The first kappa shape index (κ1) is 26.9. The number of sulfonamides is 1. The van der Waals surface area contributed by atoms with Crippen LogP contribution in [0.4, 0.5) is 10.1 Å². The Balaban J connectivity index is 2.45. The lowest BCUT2D eigenvalue weighted by atomic mass is 10.1. The maximum atomic E-state index is 13.4. The number of nitrogens with zero attached hydrogens (tertiary/aromatic N) is 2. The number of carbonyl (C=O) groups excluding carboxylic acids is 2. The highest BCUT2D eigenvalue weighted by Gasteiger charge is 2.31. The lowest BCUT2D eigenvalue weighted by Gasteiger charge is -2.33. The van der Waals surface area contributed by atoms with Crippen LogP contribution < -0.4 is 9.62 Å². The molecule has 2 aromatic rings. The minimum Gasteiger partial charge on any atom is -0.355 e. The third-order valence-corrected chi connectivity index (χ3v) is 6.61. The fourth-order valence-corrected chi connectivity index (χ4v) is 4.58. The number of carbonyl (C=O) groups is 2. The highest BCUT2D eigenvalue weighted by molar-refractivity contribution is 7.92. The molecule has 0 saturated carbocycles. The topological polar surface area (TPSA) is 86.8 Å². The van der Waals surface area contributed by atoms with Gasteiger partial charge in [-0.05, 0) is 55.3 Å². The number of amides is 2. The maximum Gasteiger partial charge on any atom is 0.244 e. The Bertz CT molecular complexity index is 1100. The van der Waals surface area contributed by atoms with E-state index < -0.39 is 34.3 Å². The molecule has 180 valence electrons. The third kappa shape index (κ3) is 7.31. The zero-order chi connectivity index (χ0) is 24.8. The van der Waals surface area contributed by atoms with E-state index in [0.717, 1.165) is 22.7 Å². The molecule has 0 fully saturated rings. The van der Waals surface area contributed by atoms with E-state index in [0.29, 0.717) is 22.2 Å². The molecule has 0 radical (unpaired) electrons. The van der Waals surface area contributed by atoms with E-state index >= 15 is 0 Å². The summed E-state index contributed by atoms with van der Waals surface area (Å²) in [6.45, 7) is 3.26. The molecule has 0 aliphatic heterocycles. The summed E-state index contributed by atoms with van der Waals surface area (Å²) >= 11 is 12.3. The van der Waals surface area contributed by atoms with E-state index in [-0.39, 0.29) is 24.6 Å². The predicted octanol–water partition coefficient (Wildman–Crippen LogP) is 3.84. The van der Waals surface area contributed by atoms with Gasteiger partial charge in [-0.1, -0.05) is 36.2 Å². The fraction of sp³-hybridized carbons (Fsp3) is 0.364.